The van der Waals surface area contributed by atoms with Crippen LogP contribution in [0.4, 0.5) is 5.69 Å². The molecule has 1 aromatic carbocycles. The standard InChI is InChI=1S/C18H20ClN3O3S/c1-10(2)15(14-5-4-8-26-14)22-18(25)17(24)21-13-9-11(16(23)20-3)6-7-12(13)19/h4-10,15H,1-3H3,(H,20,23)(H,21,24)(H,22,25). The number of nitrogens with one attached hydrogen (secondary N) is 3. The van der Waals surface area contributed by atoms with E-state index in [1.54, 1.807) is 0 Å². The summed E-state index contributed by atoms with van der Waals surface area (Å²) in [6.07, 6.45) is 0. The number of carbonyl (C=O) groups is 3. The summed E-state index contributed by atoms with van der Waals surface area (Å²) in [7, 11) is 1.50. The maximum Gasteiger partial charge on any atom is 0.313 e. The second-order valence-corrected chi connectivity index (χ2v) is 7.32. The number of hydrogen-bond acceptors (Lipinski definition) is 4. The van der Waals surface area contributed by atoms with Gasteiger partial charge in [0.05, 0.1) is 16.8 Å². The largest absolute Gasteiger partial charge is 0.355 e. The van der Waals surface area contributed by atoms with Gasteiger partial charge in [0.15, 0.2) is 0 Å². The number of carbonyl (C=O) groups excluding carboxylic acids is 3. The molecule has 0 aliphatic rings. The Morgan fingerprint density at radius 1 is 1.12 bits per heavy atom. The molecular weight excluding hydrogens is 374 g/mol. The average Bonchev–Trinajstić information content (AvgIpc) is 3.14. The van der Waals surface area contributed by atoms with E-state index in [0.29, 0.717) is 5.56 Å². The van der Waals surface area contributed by atoms with Crippen LogP contribution in [-0.4, -0.2) is 24.8 Å². The Balaban J connectivity index is 2.11. The fourth-order valence-corrected chi connectivity index (χ4v) is 3.44. The van der Waals surface area contributed by atoms with Gasteiger partial charge in [0.25, 0.3) is 5.91 Å². The van der Waals surface area contributed by atoms with E-state index in [0.717, 1.165) is 4.88 Å². The number of thiophene rings is 1. The lowest BCUT2D eigenvalue weighted by atomic mass is 10.0. The second-order valence-electron chi connectivity index (χ2n) is 5.94. The van der Waals surface area contributed by atoms with Gasteiger partial charge in [-0.3, -0.25) is 14.4 Å². The molecule has 0 radical (unpaired) electrons. The zero-order valence-corrected chi connectivity index (χ0v) is 16.2. The van der Waals surface area contributed by atoms with Crippen molar-refractivity contribution >= 4 is 46.3 Å². The summed E-state index contributed by atoms with van der Waals surface area (Å²) >= 11 is 7.57. The van der Waals surface area contributed by atoms with Crippen molar-refractivity contribution in [3.63, 3.8) is 0 Å². The minimum atomic E-state index is -0.844. The van der Waals surface area contributed by atoms with Gasteiger partial charge in [-0.05, 0) is 35.6 Å². The molecule has 8 heteroatoms. The van der Waals surface area contributed by atoms with Crippen molar-refractivity contribution in [1.82, 2.24) is 10.6 Å². The van der Waals surface area contributed by atoms with Crippen molar-refractivity contribution in [3.8, 4) is 0 Å². The molecule has 1 unspecified atom stereocenters. The highest BCUT2D eigenvalue weighted by Crippen LogP contribution is 2.26. The zero-order valence-electron chi connectivity index (χ0n) is 14.6. The molecule has 1 aromatic heterocycles. The highest BCUT2D eigenvalue weighted by atomic mass is 35.5. The monoisotopic (exact) mass is 393 g/mol. The maximum atomic E-state index is 12.3. The Bertz CT molecular complexity index is 806. The smallest absolute Gasteiger partial charge is 0.313 e. The summed E-state index contributed by atoms with van der Waals surface area (Å²) in [5.74, 6) is -1.81. The summed E-state index contributed by atoms with van der Waals surface area (Å²) in [6.45, 7) is 3.93. The van der Waals surface area contributed by atoms with Gasteiger partial charge in [0.1, 0.15) is 0 Å². The fourth-order valence-electron chi connectivity index (χ4n) is 2.33. The molecule has 3 amide bonds. The van der Waals surface area contributed by atoms with E-state index in [1.807, 2.05) is 31.4 Å². The van der Waals surface area contributed by atoms with E-state index in [-0.39, 0.29) is 28.6 Å². The van der Waals surface area contributed by atoms with E-state index in [9.17, 15) is 14.4 Å². The topological polar surface area (TPSA) is 87.3 Å². The van der Waals surface area contributed by atoms with Crippen molar-refractivity contribution < 1.29 is 14.4 Å². The summed E-state index contributed by atoms with van der Waals surface area (Å²) < 4.78 is 0. The molecule has 0 fully saturated rings. The predicted octanol–water partition coefficient (Wildman–Crippen LogP) is 3.21. The van der Waals surface area contributed by atoms with Gasteiger partial charge in [0.2, 0.25) is 0 Å². The minimum Gasteiger partial charge on any atom is -0.355 e. The Labute approximate surface area is 160 Å². The van der Waals surface area contributed by atoms with E-state index in [4.69, 9.17) is 11.6 Å². The van der Waals surface area contributed by atoms with Crippen LogP contribution in [-0.2, 0) is 9.59 Å². The number of anilines is 1. The number of rotatable bonds is 5. The molecule has 26 heavy (non-hydrogen) atoms. The lowest BCUT2D eigenvalue weighted by molar-refractivity contribution is -0.136. The van der Waals surface area contributed by atoms with Crippen LogP contribution in [0.3, 0.4) is 0 Å². The molecule has 0 spiro atoms. The van der Waals surface area contributed by atoms with Crippen LogP contribution in [0.25, 0.3) is 0 Å². The molecule has 0 aliphatic carbocycles. The first-order valence-corrected chi connectivity index (χ1v) is 9.26. The summed E-state index contributed by atoms with van der Waals surface area (Å²) in [5.41, 5.74) is 0.524. The molecule has 6 nitrogen and oxygen atoms in total. The Morgan fingerprint density at radius 3 is 2.42 bits per heavy atom. The molecule has 0 bridgehead atoms. The van der Waals surface area contributed by atoms with E-state index in [2.05, 4.69) is 16.0 Å². The lowest BCUT2D eigenvalue weighted by Crippen LogP contribution is -2.39. The van der Waals surface area contributed by atoms with Gasteiger partial charge in [-0.25, -0.2) is 0 Å². The number of benzene rings is 1. The van der Waals surface area contributed by atoms with Gasteiger partial charge in [-0.15, -0.1) is 11.3 Å². The molecule has 2 aromatic rings. The number of hydrogen-bond donors (Lipinski definition) is 3. The van der Waals surface area contributed by atoms with Crippen LogP contribution in [0.15, 0.2) is 35.7 Å². The van der Waals surface area contributed by atoms with Crippen molar-refractivity contribution in [1.29, 1.82) is 0 Å². The van der Waals surface area contributed by atoms with Crippen LogP contribution in [0.2, 0.25) is 5.02 Å². The van der Waals surface area contributed by atoms with Gasteiger partial charge in [0, 0.05) is 17.5 Å². The van der Waals surface area contributed by atoms with Gasteiger partial charge >= 0.3 is 11.8 Å². The Kier molecular flexibility index (Phi) is 6.76. The van der Waals surface area contributed by atoms with Crippen LogP contribution < -0.4 is 16.0 Å². The van der Waals surface area contributed by atoms with E-state index in [1.165, 1.54) is 36.6 Å². The molecule has 1 heterocycles. The summed E-state index contributed by atoms with van der Waals surface area (Å²) in [6, 6.07) is 7.99. The molecule has 0 aliphatic heterocycles. The van der Waals surface area contributed by atoms with Crippen LogP contribution in [0, 0.1) is 5.92 Å². The molecule has 0 saturated carbocycles. The average molecular weight is 394 g/mol. The summed E-state index contributed by atoms with van der Waals surface area (Å²) in [5, 5.41) is 9.84. The van der Waals surface area contributed by atoms with E-state index >= 15 is 0 Å². The molecule has 1 atom stereocenters. The Morgan fingerprint density at radius 2 is 1.85 bits per heavy atom. The molecule has 2 rings (SSSR count). The highest BCUT2D eigenvalue weighted by molar-refractivity contribution is 7.10. The van der Waals surface area contributed by atoms with Crippen molar-refractivity contribution in [2.24, 2.45) is 5.92 Å². The molecular formula is C18H20ClN3O3S. The molecule has 3 N–H and O–H groups in total. The third-order valence-corrected chi connectivity index (χ3v) is 5.00. The quantitative estimate of drug-likeness (QED) is 0.681. The maximum absolute atomic E-state index is 12.3. The molecule has 0 saturated heterocycles. The first kappa shape index (κ1) is 19.9. The third-order valence-electron chi connectivity index (χ3n) is 3.71. The van der Waals surface area contributed by atoms with Gasteiger partial charge in [-0.2, -0.15) is 0 Å². The van der Waals surface area contributed by atoms with Crippen LogP contribution in [0.1, 0.15) is 35.1 Å². The predicted molar refractivity (Wildman–Crippen MR) is 104 cm³/mol. The lowest BCUT2D eigenvalue weighted by Gasteiger charge is -2.21. The number of amides is 3. The normalized spacial score (nSPS) is 11.7. The minimum absolute atomic E-state index is 0.116. The van der Waals surface area contributed by atoms with Crippen LogP contribution >= 0.6 is 22.9 Å². The van der Waals surface area contributed by atoms with Gasteiger partial charge < -0.3 is 16.0 Å². The zero-order chi connectivity index (χ0) is 19.3. The highest BCUT2D eigenvalue weighted by Gasteiger charge is 2.23. The molecule has 138 valence electrons. The van der Waals surface area contributed by atoms with E-state index < -0.39 is 11.8 Å². The first-order valence-electron chi connectivity index (χ1n) is 8.00. The fraction of sp³-hybridized carbons (Fsp3) is 0.278. The Hall–Kier alpha value is -2.38. The van der Waals surface area contributed by atoms with Gasteiger partial charge in [-0.1, -0.05) is 31.5 Å². The first-order chi connectivity index (χ1) is 12.3. The van der Waals surface area contributed by atoms with Crippen molar-refractivity contribution in [3.05, 3.63) is 51.2 Å². The third kappa shape index (κ3) is 4.83. The second kappa shape index (κ2) is 8.82. The van der Waals surface area contributed by atoms with Crippen molar-refractivity contribution in [2.45, 2.75) is 19.9 Å². The SMILES string of the molecule is CNC(=O)c1ccc(Cl)c(NC(=O)C(=O)NC(c2cccs2)C(C)C)c1. The van der Waals surface area contributed by atoms with Crippen molar-refractivity contribution in [2.75, 3.05) is 12.4 Å². The number of halogens is 1. The summed E-state index contributed by atoms with van der Waals surface area (Å²) in [4.78, 5) is 37.2. The van der Waals surface area contributed by atoms with Crippen LogP contribution in [0.5, 0.6) is 0 Å².